The normalized spacial score (nSPS) is 14.8. The first kappa shape index (κ1) is 15.3. The second kappa shape index (κ2) is 7.06. The van der Waals surface area contributed by atoms with Crippen molar-refractivity contribution < 1.29 is 9.72 Å². The molecule has 1 aromatic carbocycles. The lowest BCUT2D eigenvalue weighted by atomic mass is 10.1. The number of nitro benzene ring substituents is 1. The van der Waals surface area contributed by atoms with Crippen LogP contribution >= 0.6 is 0 Å². The van der Waals surface area contributed by atoms with E-state index in [1.165, 1.54) is 18.6 Å². The third-order valence-electron chi connectivity index (χ3n) is 3.80. The van der Waals surface area contributed by atoms with E-state index in [1.807, 2.05) is 11.8 Å². The Hall–Kier alpha value is -2.11. The number of aryl methyl sites for hydroxylation is 1. The van der Waals surface area contributed by atoms with Crippen molar-refractivity contribution in [2.75, 3.05) is 25.0 Å². The van der Waals surface area contributed by atoms with Crippen LogP contribution in [0.4, 0.5) is 11.4 Å². The van der Waals surface area contributed by atoms with Crippen LogP contribution < -0.4 is 5.32 Å². The van der Waals surface area contributed by atoms with Crippen LogP contribution in [0.1, 0.15) is 31.2 Å². The Morgan fingerprint density at radius 3 is 2.71 bits per heavy atom. The molecule has 1 amide bonds. The average molecular weight is 291 g/mol. The predicted octanol–water partition coefficient (Wildman–Crippen LogP) is 2.72. The Balaban J connectivity index is 1.86. The second-order valence-corrected chi connectivity index (χ2v) is 5.37. The number of carbonyl (C=O) groups is 1. The van der Waals surface area contributed by atoms with E-state index in [2.05, 4.69) is 5.32 Å². The van der Waals surface area contributed by atoms with Gasteiger partial charge in [-0.05, 0) is 31.7 Å². The van der Waals surface area contributed by atoms with Gasteiger partial charge in [-0.2, -0.15) is 0 Å². The summed E-state index contributed by atoms with van der Waals surface area (Å²) in [5, 5.41) is 13.9. The van der Waals surface area contributed by atoms with Gasteiger partial charge < -0.3 is 10.2 Å². The van der Waals surface area contributed by atoms with Crippen LogP contribution in [0.5, 0.6) is 0 Å². The Morgan fingerprint density at radius 2 is 2.05 bits per heavy atom. The van der Waals surface area contributed by atoms with Crippen molar-refractivity contribution in [3.8, 4) is 0 Å². The molecule has 1 aliphatic rings. The van der Waals surface area contributed by atoms with Gasteiger partial charge in [0.05, 0.1) is 4.92 Å². The first-order valence-corrected chi connectivity index (χ1v) is 7.34. The molecule has 6 nitrogen and oxygen atoms in total. The fourth-order valence-corrected chi connectivity index (χ4v) is 2.52. The molecule has 2 rings (SSSR count). The number of amides is 1. The molecule has 6 heteroatoms. The SMILES string of the molecule is Cc1ccc([N+](=O)[O-])cc1NCCC(=O)N1CCCCC1. The number of non-ortho nitro benzene ring substituents is 1. The molecule has 114 valence electrons. The van der Waals surface area contributed by atoms with Crippen LogP contribution in [0.3, 0.4) is 0 Å². The van der Waals surface area contributed by atoms with E-state index in [4.69, 9.17) is 0 Å². The maximum Gasteiger partial charge on any atom is 0.271 e. The number of nitro groups is 1. The molecular weight excluding hydrogens is 270 g/mol. The molecule has 0 atom stereocenters. The Bertz CT molecular complexity index is 525. The lowest BCUT2D eigenvalue weighted by Gasteiger charge is -2.26. The minimum absolute atomic E-state index is 0.0606. The van der Waals surface area contributed by atoms with E-state index in [0.29, 0.717) is 13.0 Å². The van der Waals surface area contributed by atoms with Gasteiger partial charge in [0.2, 0.25) is 5.91 Å². The molecule has 1 heterocycles. The number of hydrogen-bond acceptors (Lipinski definition) is 4. The number of piperidine rings is 1. The van der Waals surface area contributed by atoms with Gasteiger partial charge in [0, 0.05) is 43.9 Å². The number of anilines is 1. The summed E-state index contributed by atoms with van der Waals surface area (Å²) in [6.07, 6.45) is 3.79. The molecule has 1 fully saturated rings. The molecule has 0 spiro atoms. The van der Waals surface area contributed by atoms with Crippen molar-refractivity contribution in [2.45, 2.75) is 32.6 Å². The molecule has 0 aliphatic carbocycles. The van der Waals surface area contributed by atoms with Crippen LogP contribution in [0.2, 0.25) is 0 Å². The fraction of sp³-hybridized carbons (Fsp3) is 0.533. The lowest BCUT2D eigenvalue weighted by molar-refractivity contribution is -0.384. The standard InChI is InChI=1S/C15H21N3O3/c1-12-5-6-13(18(20)21)11-14(12)16-8-7-15(19)17-9-3-2-4-10-17/h5-6,11,16H,2-4,7-10H2,1H3. The van der Waals surface area contributed by atoms with Crippen LogP contribution in [-0.4, -0.2) is 35.4 Å². The third-order valence-corrected chi connectivity index (χ3v) is 3.80. The zero-order chi connectivity index (χ0) is 15.2. The van der Waals surface area contributed by atoms with Crippen molar-refractivity contribution in [1.82, 2.24) is 4.90 Å². The molecular formula is C15H21N3O3. The quantitative estimate of drug-likeness (QED) is 0.668. The molecule has 0 aromatic heterocycles. The fourth-order valence-electron chi connectivity index (χ4n) is 2.52. The van der Waals surface area contributed by atoms with E-state index >= 15 is 0 Å². The summed E-state index contributed by atoms with van der Waals surface area (Å²) in [4.78, 5) is 24.3. The van der Waals surface area contributed by atoms with Crippen molar-refractivity contribution in [3.63, 3.8) is 0 Å². The molecule has 0 unspecified atom stereocenters. The van der Waals surface area contributed by atoms with Crippen LogP contribution in [0.25, 0.3) is 0 Å². The topological polar surface area (TPSA) is 75.5 Å². The molecule has 0 saturated carbocycles. The smallest absolute Gasteiger partial charge is 0.271 e. The number of carbonyl (C=O) groups excluding carboxylic acids is 1. The van der Waals surface area contributed by atoms with Gasteiger partial charge in [-0.25, -0.2) is 0 Å². The average Bonchev–Trinajstić information content (AvgIpc) is 2.49. The summed E-state index contributed by atoms with van der Waals surface area (Å²) in [7, 11) is 0. The van der Waals surface area contributed by atoms with Gasteiger partial charge in [0.25, 0.3) is 5.69 Å². The monoisotopic (exact) mass is 291 g/mol. The highest BCUT2D eigenvalue weighted by molar-refractivity contribution is 5.77. The summed E-state index contributed by atoms with van der Waals surface area (Å²) in [5.74, 6) is 0.158. The summed E-state index contributed by atoms with van der Waals surface area (Å²) in [5.41, 5.74) is 1.71. The van der Waals surface area contributed by atoms with Crippen molar-refractivity contribution in [2.24, 2.45) is 0 Å². The number of nitrogens with zero attached hydrogens (tertiary/aromatic N) is 2. The number of rotatable bonds is 5. The number of likely N-dealkylation sites (tertiary alicyclic amines) is 1. The zero-order valence-corrected chi connectivity index (χ0v) is 12.3. The predicted molar refractivity (Wildman–Crippen MR) is 81.4 cm³/mol. The Kier molecular flexibility index (Phi) is 5.14. The minimum Gasteiger partial charge on any atom is -0.384 e. The molecule has 1 N–H and O–H groups in total. The highest BCUT2D eigenvalue weighted by Gasteiger charge is 2.16. The minimum atomic E-state index is -0.413. The first-order chi connectivity index (χ1) is 10.1. The van der Waals surface area contributed by atoms with Crippen LogP contribution in [-0.2, 0) is 4.79 Å². The molecule has 0 bridgehead atoms. The number of hydrogen-bond donors (Lipinski definition) is 1. The molecule has 1 aliphatic heterocycles. The van der Waals surface area contributed by atoms with Crippen LogP contribution in [0, 0.1) is 17.0 Å². The number of nitrogens with one attached hydrogen (secondary N) is 1. The largest absolute Gasteiger partial charge is 0.384 e. The zero-order valence-electron chi connectivity index (χ0n) is 12.3. The highest BCUT2D eigenvalue weighted by Crippen LogP contribution is 2.21. The van der Waals surface area contributed by atoms with E-state index in [1.54, 1.807) is 6.07 Å². The molecule has 1 aromatic rings. The van der Waals surface area contributed by atoms with Gasteiger partial charge in [0.15, 0.2) is 0 Å². The second-order valence-electron chi connectivity index (χ2n) is 5.37. The Morgan fingerprint density at radius 1 is 1.33 bits per heavy atom. The van der Waals surface area contributed by atoms with Crippen LogP contribution in [0.15, 0.2) is 18.2 Å². The van der Waals surface area contributed by atoms with Crippen molar-refractivity contribution in [1.29, 1.82) is 0 Å². The highest BCUT2D eigenvalue weighted by atomic mass is 16.6. The first-order valence-electron chi connectivity index (χ1n) is 7.34. The van der Waals surface area contributed by atoms with Gasteiger partial charge in [-0.1, -0.05) is 6.07 Å². The van der Waals surface area contributed by atoms with E-state index in [0.717, 1.165) is 37.2 Å². The van der Waals surface area contributed by atoms with E-state index in [-0.39, 0.29) is 11.6 Å². The summed E-state index contributed by atoms with van der Waals surface area (Å²) in [6.45, 7) is 4.10. The lowest BCUT2D eigenvalue weighted by Crippen LogP contribution is -2.36. The maximum atomic E-state index is 12.0. The van der Waals surface area contributed by atoms with Gasteiger partial charge >= 0.3 is 0 Å². The summed E-state index contributed by atoms with van der Waals surface area (Å²) < 4.78 is 0. The van der Waals surface area contributed by atoms with E-state index in [9.17, 15) is 14.9 Å². The van der Waals surface area contributed by atoms with Crippen molar-refractivity contribution in [3.05, 3.63) is 33.9 Å². The summed E-state index contributed by atoms with van der Waals surface area (Å²) >= 11 is 0. The van der Waals surface area contributed by atoms with Gasteiger partial charge in [-0.15, -0.1) is 0 Å². The Labute approximate surface area is 124 Å². The molecule has 1 saturated heterocycles. The van der Waals surface area contributed by atoms with E-state index < -0.39 is 4.92 Å². The third kappa shape index (κ3) is 4.18. The molecule has 21 heavy (non-hydrogen) atoms. The summed E-state index contributed by atoms with van der Waals surface area (Å²) in [6, 6.07) is 4.72. The molecule has 0 radical (unpaired) electrons. The number of benzene rings is 1. The van der Waals surface area contributed by atoms with Gasteiger partial charge in [0.1, 0.15) is 0 Å². The van der Waals surface area contributed by atoms with Crippen molar-refractivity contribution >= 4 is 17.3 Å². The maximum absolute atomic E-state index is 12.0. The van der Waals surface area contributed by atoms with Gasteiger partial charge in [-0.3, -0.25) is 14.9 Å².